The average Bonchev–Trinajstić information content (AvgIpc) is 3.33. The first kappa shape index (κ1) is 25.2. The summed E-state index contributed by atoms with van der Waals surface area (Å²) in [6.07, 6.45) is 6.62. The number of hydrogen-bond donors (Lipinski definition) is 4. The molecule has 4 rings (SSSR count). The highest BCUT2D eigenvalue weighted by Crippen LogP contribution is 2.25. The fourth-order valence-electron chi connectivity index (χ4n) is 4.45. The van der Waals surface area contributed by atoms with Gasteiger partial charge in [-0.05, 0) is 99.8 Å². The molecule has 36 heavy (non-hydrogen) atoms. The Balaban J connectivity index is 1.43. The Bertz CT molecular complexity index is 1210. The van der Waals surface area contributed by atoms with Crippen molar-refractivity contribution in [3.63, 3.8) is 0 Å². The molecule has 1 heterocycles. The van der Waals surface area contributed by atoms with Gasteiger partial charge in [0.15, 0.2) is 0 Å². The molecule has 1 unspecified atom stereocenters. The lowest BCUT2D eigenvalue weighted by Gasteiger charge is -2.21. The van der Waals surface area contributed by atoms with Gasteiger partial charge in [0, 0.05) is 11.9 Å². The molecule has 2 aromatic carbocycles. The number of nitrogens with zero attached hydrogens (tertiary/aromatic N) is 2. The van der Waals surface area contributed by atoms with E-state index in [4.69, 9.17) is 5.73 Å². The summed E-state index contributed by atoms with van der Waals surface area (Å²) in [5.74, 6) is -0.342. The number of aromatic nitrogens is 1. The van der Waals surface area contributed by atoms with Crippen molar-refractivity contribution in [3.05, 3.63) is 83.2 Å². The molecule has 8 nitrogen and oxygen atoms in total. The zero-order chi connectivity index (χ0) is 25.5. The van der Waals surface area contributed by atoms with Crippen molar-refractivity contribution < 1.29 is 9.59 Å². The third-order valence-corrected chi connectivity index (χ3v) is 6.39. The molecule has 0 radical (unpaired) electrons. The Hall–Kier alpha value is -3.91. The Kier molecular flexibility index (Phi) is 8.17. The normalized spacial score (nSPS) is 13.2. The van der Waals surface area contributed by atoms with Crippen LogP contribution in [0.3, 0.4) is 0 Å². The molecule has 188 valence electrons. The summed E-state index contributed by atoms with van der Waals surface area (Å²) in [6, 6.07) is 16.2. The lowest BCUT2D eigenvalue weighted by molar-refractivity contribution is 0.102. The summed E-state index contributed by atoms with van der Waals surface area (Å²) in [5, 5.41) is 8.86. The number of urea groups is 1. The Morgan fingerprint density at radius 2 is 1.83 bits per heavy atom. The van der Waals surface area contributed by atoms with Crippen LogP contribution in [0.5, 0.6) is 0 Å². The van der Waals surface area contributed by atoms with Crippen LogP contribution in [0.2, 0.25) is 0 Å². The van der Waals surface area contributed by atoms with E-state index < -0.39 is 0 Å². The number of rotatable bonds is 9. The highest BCUT2D eigenvalue weighted by atomic mass is 16.2. The molecule has 1 aliphatic rings. The molecule has 1 aromatic heterocycles. The van der Waals surface area contributed by atoms with Gasteiger partial charge in [0.05, 0.1) is 17.4 Å². The van der Waals surface area contributed by atoms with Crippen molar-refractivity contribution in [2.75, 3.05) is 37.0 Å². The van der Waals surface area contributed by atoms with Gasteiger partial charge in [0.25, 0.3) is 5.91 Å². The first-order valence-electron chi connectivity index (χ1n) is 12.3. The third-order valence-electron chi connectivity index (χ3n) is 6.39. The SMILES string of the molecule is CN(C)CCCC(NC(=O)Nc1ccc2c(c1)CCC2)c1ccc(C(=O)Nc2ccccc2N)nc1. The van der Waals surface area contributed by atoms with Gasteiger partial charge in [-0.1, -0.05) is 24.3 Å². The second-order valence-corrected chi connectivity index (χ2v) is 9.45. The number of para-hydroxylation sites is 2. The number of amides is 3. The summed E-state index contributed by atoms with van der Waals surface area (Å²) in [7, 11) is 4.05. The number of benzene rings is 2. The van der Waals surface area contributed by atoms with E-state index in [1.54, 1.807) is 30.5 Å². The van der Waals surface area contributed by atoms with Crippen LogP contribution in [-0.4, -0.2) is 42.5 Å². The largest absolute Gasteiger partial charge is 0.397 e. The molecule has 0 aliphatic heterocycles. The molecule has 0 bridgehead atoms. The third kappa shape index (κ3) is 6.60. The smallest absolute Gasteiger partial charge is 0.319 e. The van der Waals surface area contributed by atoms with Crippen LogP contribution in [0.15, 0.2) is 60.8 Å². The van der Waals surface area contributed by atoms with Crippen LogP contribution in [0.1, 0.15) is 52.5 Å². The molecule has 1 atom stereocenters. The maximum atomic E-state index is 12.9. The van der Waals surface area contributed by atoms with E-state index in [1.807, 2.05) is 32.3 Å². The van der Waals surface area contributed by atoms with Gasteiger partial charge in [-0.25, -0.2) is 4.79 Å². The highest BCUT2D eigenvalue weighted by Gasteiger charge is 2.18. The molecule has 0 spiro atoms. The van der Waals surface area contributed by atoms with Crippen molar-refractivity contribution in [2.45, 2.75) is 38.1 Å². The number of nitrogens with two attached hydrogens (primary N) is 1. The number of carbonyl (C=O) groups excluding carboxylic acids is 2. The molecule has 8 heteroatoms. The molecule has 0 saturated carbocycles. The molecule has 1 aliphatic carbocycles. The standard InChI is InChI=1S/C28H34N6O2/c1-34(2)16-6-11-24(33-28(36)31-22-14-12-19-7-5-8-20(19)17-22)21-13-15-26(30-18-21)27(35)32-25-10-4-3-9-23(25)29/h3-4,9-10,12-15,17-18,24H,5-8,11,16,29H2,1-2H3,(H,32,35)(H2,31,33,36). The second kappa shape index (κ2) is 11.7. The summed E-state index contributed by atoms with van der Waals surface area (Å²) < 4.78 is 0. The van der Waals surface area contributed by atoms with E-state index in [0.717, 1.165) is 43.5 Å². The summed E-state index contributed by atoms with van der Waals surface area (Å²) in [6.45, 7) is 0.900. The predicted molar refractivity (Wildman–Crippen MR) is 144 cm³/mol. The second-order valence-electron chi connectivity index (χ2n) is 9.45. The molecule has 0 saturated heterocycles. The Labute approximate surface area is 212 Å². The maximum Gasteiger partial charge on any atom is 0.319 e. The van der Waals surface area contributed by atoms with E-state index in [2.05, 4.69) is 38.0 Å². The zero-order valence-corrected chi connectivity index (χ0v) is 20.9. The number of nitrogens with one attached hydrogen (secondary N) is 3. The molecular weight excluding hydrogens is 452 g/mol. The lowest BCUT2D eigenvalue weighted by Crippen LogP contribution is -2.33. The van der Waals surface area contributed by atoms with Crippen molar-refractivity contribution in [1.82, 2.24) is 15.2 Å². The maximum absolute atomic E-state index is 12.9. The number of hydrogen-bond acceptors (Lipinski definition) is 5. The monoisotopic (exact) mass is 486 g/mol. The number of aryl methyl sites for hydroxylation is 2. The van der Waals surface area contributed by atoms with E-state index in [0.29, 0.717) is 11.4 Å². The van der Waals surface area contributed by atoms with Crippen molar-refractivity contribution in [3.8, 4) is 0 Å². The van der Waals surface area contributed by atoms with Gasteiger partial charge in [-0.15, -0.1) is 0 Å². The first-order chi connectivity index (χ1) is 17.4. The first-order valence-corrected chi connectivity index (χ1v) is 12.3. The van der Waals surface area contributed by atoms with Gasteiger partial charge >= 0.3 is 6.03 Å². The van der Waals surface area contributed by atoms with Crippen LogP contribution in [0, 0.1) is 0 Å². The fraction of sp³-hybridized carbons (Fsp3) is 0.321. The highest BCUT2D eigenvalue weighted by molar-refractivity contribution is 6.04. The van der Waals surface area contributed by atoms with Crippen molar-refractivity contribution >= 4 is 29.0 Å². The summed E-state index contributed by atoms with van der Waals surface area (Å²) in [5.41, 5.74) is 11.5. The topological polar surface area (TPSA) is 112 Å². The molecule has 0 fully saturated rings. The molecular formula is C28H34N6O2. The predicted octanol–water partition coefficient (Wildman–Crippen LogP) is 4.61. The number of anilines is 3. The van der Waals surface area contributed by atoms with Gasteiger partial charge in [-0.3, -0.25) is 9.78 Å². The van der Waals surface area contributed by atoms with E-state index in [-0.39, 0.29) is 23.7 Å². The van der Waals surface area contributed by atoms with Gasteiger partial charge < -0.3 is 26.6 Å². The summed E-state index contributed by atoms with van der Waals surface area (Å²) in [4.78, 5) is 32.0. The number of carbonyl (C=O) groups is 2. The van der Waals surface area contributed by atoms with Crippen molar-refractivity contribution in [1.29, 1.82) is 0 Å². The fourth-order valence-corrected chi connectivity index (χ4v) is 4.45. The van der Waals surface area contributed by atoms with E-state index in [9.17, 15) is 9.59 Å². The zero-order valence-electron chi connectivity index (χ0n) is 20.9. The number of pyridine rings is 1. The van der Waals surface area contributed by atoms with Gasteiger partial charge in [-0.2, -0.15) is 0 Å². The lowest BCUT2D eigenvalue weighted by atomic mass is 10.0. The van der Waals surface area contributed by atoms with Gasteiger partial charge in [0.2, 0.25) is 0 Å². The Morgan fingerprint density at radius 1 is 1.03 bits per heavy atom. The quantitative estimate of drug-likeness (QED) is 0.330. The number of nitrogen functional groups attached to an aromatic ring is 1. The minimum Gasteiger partial charge on any atom is -0.397 e. The Morgan fingerprint density at radius 3 is 2.58 bits per heavy atom. The van der Waals surface area contributed by atoms with Crippen LogP contribution in [-0.2, 0) is 12.8 Å². The summed E-state index contributed by atoms with van der Waals surface area (Å²) >= 11 is 0. The average molecular weight is 487 g/mol. The number of fused-ring (bicyclic) bond motifs is 1. The van der Waals surface area contributed by atoms with E-state index in [1.165, 1.54) is 17.5 Å². The minimum atomic E-state index is -0.342. The van der Waals surface area contributed by atoms with Crippen LogP contribution in [0.25, 0.3) is 0 Å². The molecule has 5 N–H and O–H groups in total. The molecule has 3 amide bonds. The van der Waals surface area contributed by atoms with Crippen LogP contribution < -0.4 is 21.7 Å². The molecule has 3 aromatic rings. The van der Waals surface area contributed by atoms with Crippen LogP contribution in [0.4, 0.5) is 21.9 Å². The van der Waals surface area contributed by atoms with Crippen LogP contribution >= 0.6 is 0 Å². The van der Waals surface area contributed by atoms with E-state index >= 15 is 0 Å². The van der Waals surface area contributed by atoms with Crippen molar-refractivity contribution in [2.24, 2.45) is 0 Å². The van der Waals surface area contributed by atoms with Gasteiger partial charge in [0.1, 0.15) is 5.69 Å². The minimum absolute atomic E-state index is 0.242.